The molecule has 0 bridgehead atoms. The smallest absolute Gasteiger partial charge is 0.410 e. The highest BCUT2D eigenvalue weighted by Gasteiger charge is 2.32. The quantitative estimate of drug-likeness (QED) is 0.627. The molecule has 0 aromatic heterocycles. The molecule has 2 rings (SSSR count). The standard InChI is InChI=1S/C23H35ClN2O4/c1-16(2)26(22(28)30-23(4,5)6)15-18-10-9-13-25(14-18)21(27)17(3)29-20-12-8-7-11-19(20)24/h7-8,11-12,16-18H,9-10,13-15H2,1-6H3. The summed E-state index contributed by atoms with van der Waals surface area (Å²) in [5, 5.41) is 0.485. The van der Waals surface area contributed by atoms with Crippen molar-refractivity contribution in [2.45, 2.75) is 72.1 Å². The molecule has 0 N–H and O–H groups in total. The van der Waals surface area contributed by atoms with E-state index in [0.717, 1.165) is 12.8 Å². The molecule has 1 aromatic carbocycles. The number of halogens is 1. The first-order chi connectivity index (χ1) is 14.0. The molecule has 30 heavy (non-hydrogen) atoms. The Balaban J connectivity index is 1.98. The lowest BCUT2D eigenvalue weighted by Gasteiger charge is -2.38. The SMILES string of the molecule is CC(Oc1ccccc1Cl)C(=O)N1CCCC(CN(C(=O)OC(C)(C)C)C(C)C)C1. The van der Waals surface area contributed by atoms with E-state index in [0.29, 0.717) is 30.4 Å². The molecular formula is C23H35ClN2O4. The Morgan fingerprint density at radius 1 is 1.23 bits per heavy atom. The number of para-hydroxylation sites is 1. The van der Waals surface area contributed by atoms with Crippen LogP contribution in [0.5, 0.6) is 5.75 Å². The molecule has 168 valence electrons. The van der Waals surface area contributed by atoms with Gasteiger partial charge < -0.3 is 19.3 Å². The van der Waals surface area contributed by atoms with Gasteiger partial charge in [-0.15, -0.1) is 0 Å². The minimum atomic E-state index is -0.629. The molecule has 2 atom stereocenters. The minimum Gasteiger partial charge on any atom is -0.479 e. The summed E-state index contributed by atoms with van der Waals surface area (Å²) in [6, 6.07) is 7.16. The van der Waals surface area contributed by atoms with Crippen LogP contribution >= 0.6 is 11.6 Å². The van der Waals surface area contributed by atoms with Crippen molar-refractivity contribution in [3.05, 3.63) is 29.3 Å². The van der Waals surface area contributed by atoms with Gasteiger partial charge in [-0.1, -0.05) is 23.7 Å². The number of benzene rings is 1. The molecule has 0 spiro atoms. The van der Waals surface area contributed by atoms with E-state index in [1.165, 1.54) is 0 Å². The van der Waals surface area contributed by atoms with Gasteiger partial charge in [0.1, 0.15) is 11.4 Å². The van der Waals surface area contributed by atoms with Gasteiger partial charge in [-0.3, -0.25) is 4.79 Å². The summed E-state index contributed by atoms with van der Waals surface area (Å²) in [6.07, 6.45) is 0.928. The van der Waals surface area contributed by atoms with E-state index in [-0.39, 0.29) is 24.0 Å². The van der Waals surface area contributed by atoms with Crippen LogP contribution in [0.2, 0.25) is 5.02 Å². The van der Waals surface area contributed by atoms with E-state index >= 15 is 0 Å². The summed E-state index contributed by atoms with van der Waals surface area (Å²) in [7, 11) is 0. The maximum Gasteiger partial charge on any atom is 0.410 e. The Labute approximate surface area is 185 Å². The van der Waals surface area contributed by atoms with Gasteiger partial charge in [-0.2, -0.15) is 0 Å². The van der Waals surface area contributed by atoms with Gasteiger partial charge in [0, 0.05) is 25.7 Å². The van der Waals surface area contributed by atoms with Crippen LogP contribution in [-0.4, -0.2) is 59.2 Å². The Morgan fingerprint density at radius 3 is 2.50 bits per heavy atom. The van der Waals surface area contributed by atoms with Crippen LogP contribution < -0.4 is 4.74 Å². The fourth-order valence-corrected chi connectivity index (χ4v) is 3.73. The van der Waals surface area contributed by atoms with E-state index in [2.05, 4.69) is 0 Å². The predicted octanol–water partition coefficient (Wildman–Crippen LogP) is 4.99. The fraction of sp³-hybridized carbons (Fsp3) is 0.652. The van der Waals surface area contributed by atoms with Crippen molar-refractivity contribution in [3.8, 4) is 5.75 Å². The van der Waals surface area contributed by atoms with Crippen molar-refractivity contribution in [2.24, 2.45) is 5.92 Å². The summed E-state index contributed by atoms with van der Waals surface area (Å²) in [4.78, 5) is 29.2. The van der Waals surface area contributed by atoms with E-state index in [1.54, 1.807) is 24.0 Å². The van der Waals surface area contributed by atoms with Crippen LogP contribution in [0.4, 0.5) is 4.79 Å². The predicted molar refractivity (Wildman–Crippen MR) is 119 cm³/mol. The Kier molecular flexibility index (Phi) is 8.42. The highest BCUT2D eigenvalue weighted by Crippen LogP contribution is 2.26. The van der Waals surface area contributed by atoms with E-state index < -0.39 is 11.7 Å². The van der Waals surface area contributed by atoms with Crippen molar-refractivity contribution >= 4 is 23.6 Å². The van der Waals surface area contributed by atoms with Gasteiger partial charge in [0.15, 0.2) is 6.10 Å². The highest BCUT2D eigenvalue weighted by atomic mass is 35.5. The zero-order valence-electron chi connectivity index (χ0n) is 19.0. The van der Waals surface area contributed by atoms with Crippen LogP contribution in [0.25, 0.3) is 0 Å². The van der Waals surface area contributed by atoms with Gasteiger partial charge in [-0.25, -0.2) is 4.79 Å². The average molecular weight is 439 g/mol. The summed E-state index contributed by atoms with van der Waals surface area (Å²) >= 11 is 6.15. The minimum absolute atomic E-state index is 0.0217. The maximum atomic E-state index is 13.0. The van der Waals surface area contributed by atoms with E-state index in [9.17, 15) is 9.59 Å². The number of piperidine rings is 1. The number of hydrogen-bond donors (Lipinski definition) is 0. The summed E-state index contributed by atoms with van der Waals surface area (Å²) in [6.45, 7) is 13.2. The van der Waals surface area contributed by atoms with Gasteiger partial charge in [0.2, 0.25) is 0 Å². The first-order valence-electron chi connectivity index (χ1n) is 10.7. The van der Waals surface area contributed by atoms with Gasteiger partial charge in [0.25, 0.3) is 5.91 Å². The molecule has 2 unspecified atom stereocenters. The number of ether oxygens (including phenoxy) is 2. The molecule has 6 nitrogen and oxygen atoms in total. The second-order valence-corrected chi connectivity index (χ2v) is 9.62. The lowest BCUT2D eigenvalue weighted by atomic mass is 9.96. The first-order valence-corrected chi connectivity index (χ1v) is 11.1. The third-order valence-corrected chi connectivity index (χ3v) is 5.34. The molecule has 1 heterocycles. The zero-order chi connectivity index (χ0) is 22.5. The molecule has 1 aromatic rings. The third-order valence-electron chi connectivity index (χ3n) is 5.03. The molecule has 0 radical (unpaired) electrons. The number of carbonyl (C=O) groups is 2. The van der Waals surface area contributed by atoms with Crippen LogP contribution in [0.15, 0.2) is 24.3 Å². The summed E-state index contributed by atoms with van der Waals surface area (Å²) < 4.78 is 11.4. The Morgan fingerprint density at radius 2 is 1.90 bits per heavy atom. The number of likely N-dealkylation sites (tertiary alicyclic amines) is 1. The second kappa shape index (κ2) is 10.4. The second-order valence-electron chi connectivity index (χ2n) is 9.21. The Bertz CT molecular complexity index is 732. The molecule has 0 aliphatic carbocycles. The maximum absolute atomic E-state index is 13.0. The van der Waals surface area contributed by atoms with Crippen molar-refractivity contribution in [1.82, 2.24) is 9.80 Å². The van der Waals surface area contributed by atoms with Crippen molar-refractivity contribution in [3.63, 3.8) is 0 Å². The third kappa shape index (κ3) is 7.08. The molecule has 1 saturated heterocycles. The van der Waals surface area contributed by atoms with Gasteiger partial charge >= 0.3 is 6.09 Å². The summed E-state index contributed by atoms with van der Waals surface area (Å²) in [5.41, 5.74) is -0.537. The van der Waals surface area contributed by atoms with Crippen molar-refractivity contribution in [1.29, 1.82) is 0 Å². The largest absolute Gasteiger partial charge is 0.479 e. The summed E-state index contributed by atoms with van der Waals surface area (Å²) in [5.74, 6) is 0.641. The number of amides is 2. The van der Waals surface area contributed by atoms with Gasteiger partial charge in [-0.05, 0) is 72.4 Å². The number of rotatable bonds is 6. The van der Waals surface area contributed by atoms with Crippen molar-refractivity contribution in [2.75, 3.05) is 19.6 Å². The highest BCUT2D eigenvalue weighted by molar-refractivity contribution is 6.32. The zero-order valence-corrected chi connectivity index (χ0v) is 19.7. The normalized spacial score (nSPS) is 18.1. The number of carbonyl (C=O) groups excluding carboxylic acids is 2. The molecule has 2 amide bonds. The molecule has 0 saturated carbocycles. The van der Waals surface area contributed by atoms with Crippen LogP contribution in [0.3, 0.4) is 0 Å². The van der Waals surface area contributed by atoms with Crippen LogP contribution in [0, 0.1) is 5.92 Å². The Hall–Kier alpha value is -1.95. The first kappa shape index (κ1) is 24.3. The lowest BCUT2D eigenvalue weighted by Crippen LogP contribution is -2.50. The average Bonchev–Trinajstić information content (AvgIpc) is 2.65. The number of nitrogens with zero attached hydrogens (tertiary/aromatic N) is 2. The monoisotopic (exact) mass is 438 g/mol. The molecule has 1 fully saturated rings. The molecular weight excluding hydrogens is 404 g/mol. The van der Waals surface area contributed by atoms with Crippen LogP contribution in [0.1, 0.15) is 54.4 Å². The fourth-order valence-electron chi connectivity index (χ4n) is 3.55. The van der Waals surface area contributed by atoms with E-state index in [1.807, 2.05) is 51.7 Å². The molecule has 7 heteroatoms. The molecule has 1 aliphatic heterocycles. The van der Waals surface area contributed by atoms with Crippen LogP contribution in [-0.2, 0) is 9.53 Å². The van der Waals surface area contributed by atoms with E-state index in [4.69, 9.17) is 21.1 Å². The van der Waals surface area contributed by atoms with Gasteiger partial charge in [0.05, 0.1) is 5.02 Å². The number of hydrogen-bond acceptors (Lipinski definition) is 4. The lowest BCUT2D eigenvalue weighted by molar-refractivity contribution is -0.139. The topological polar surface area (TPSA) is 59.1 Å². The van der Waals surface area contributed by atoms with Crippen molar-refractivity contribution < 1.29 is 19.1 Å². The molecule has 1 aliphatic rings.